The van der Waals surface area contributed by atoms with Crippen LogP contribution in [0.5, 0.6) is 11.5 Å². The van der Waals surface area contributed by atoms with E-state index in [0.29, 0.717) is 23.0 Å². The zero-order valence-electron chi connectivity index (χ0n) is 40.7. The number of rotatable bonds is 9. The predicted molar refractivity (Wildman–Crippen MR) is 219 cm³/mol. The first-order chi connectivity index (χ1) is 31.0. The van der Waals surface area contributed by atoms with Gasteiger partial charge in [0.1, 0.15) is 17.3 Å². The van der Waals surface area contributed by atoms with Gasteiger partial charge in [-0.05, 0) is 88.2 Å². The van der Waals surface area contributed by atoms with E-state index in [9.17, 15) is 0 Å². The van der Waals surface area contributed by atoms with E-state index >= 15 is 0 Å². The molecule has 0 aliphatic carbocycles. The lowest BCUT2D eigenvalue weighted by Gasteiger charge is -2.17. The maximum atomic E-state index is 9.09. The molecule has 262 valence electrons. The first-order valence-corrected chi connectivity index (χ1v) is 17.6. The summed E-state index contributed by atoms with van der Waals surface area (Å²) in [6.07, 6.45) is 8.32. The second-order valence-corrected chi connectivity index (χ2v) is 13.2. The van der Waals surface area contributed by atoms with E-state index < -0.39 is 66.3 Å². The molecule has 3 aromatic heterocycles. The summed E-state index contributed by atoms with van der Waals surface area (Å²) < 4.78 is 106. The monoisotopic (exact) mass is 711 g/mol. The third kappa shape index (κ3) is 6.14. The number of ether oxygens (including phenoxy) is 1. The maximum absolute atomic E-state index is 9.09. The number of fused-ring (bicyclic) bond motifs is 3. The zero-order chi connectivity index (χ0) is 46.2. The molecule has 0 aliphatic heterocycles. The molecule has 9 aromatic rings. The summed E-state index contributed by atoms with van der Waals surface area (Å²) in [5.74, 6) is 0.991. The molecule has 5 heteroatoms. The van der Waals surface area contributed by atoms with Gasteiger partial charge in [-0.25, -0.2) is 4.98 Å². The minimum Gasteiger partial charge on any atom is -0.458 e. The summed E-state index contributed by atoms with van der Waals surface area (Å²) in [5.41, 5.74) is 3.54. The average molecular weight is 712 g/mol. The van der Waals surface area contributed by atoms with Gasteiger partial charge in [0, 0.05) is 36.8 Å². The number of imidazole rings is 1. The van der Waals surface area contributed by atoms with Crippen LogP contribution in [0, 0.1) is 12.2 Å². The maximum Gasteiger partial charge on any atom is 0.268 e. The highest BCUT2D eigenvalue weighted by Crippen LogP contribution is 2.37. The van der Waals surface area contributed by atoms with Gasteiger partial charge in [-0.3, -0.25) is 13.7 Å². The van der Waals surface area contributed by atoms with Crippen LogP contribution in [0.4, 0.5) is 0 Å². The fourth-order valence-corrected chi connectivity index (χ4v) is 6.77. The standard InChI is InChI=1S/C49H40N4O/c1-34(2)35(3)38-26-27-50-48(30-38)53-46-23-11-10-20-44(46)45-25-24-41(32-47(45)53)54-40-19-12-18-39(31-40)51-28-29-52(33-51)49-42(36-14-6-4-7-15-36)21-13-22-43(49)37-16-8-5-9-17-37/h4-32,34-35H,1-3H3/i4D,5D,6D,7D,8D,9D,14D,15D,16D,17D,35D. The van der Waals surface area contributed by atoms with Crippen LogP contribution in [0.3, 0.4) is 0 Å². The topological polar surface area (TPSA) is 35.9 Å². The van der Waals surface area contributed by atoms with Crippen molar-refractivity contribution >= 4 is 21.8 Å². The quantitative estimate of drug-likeness (QED) is 0.110. The summed E-state index contributed by atoms with van der Waals surface area (Å²) in [5, 5.41) is 2.05. The Balaban J connectivity index is 1.14. The van der Waals surface area contributed by atoms with Gasteiger partial charge in [-0.2, -0.15) is 0 Å². The molecule has 3 heterocycles. The highest BCUT2D eigenvalue weighted by Gasteiger charge is 2.18. The van der Waals surface area contributed by atoms with Crippen LogP contribution in [0.25, 0.3) is 61.3 Å². The van der Waals surface area contributed by atoms with Crippen LogP contribution < -0.4 is 9.30 Å². The summed E-state index contributed by atoms with van der Waals surface area (Å²) in [4.78, 5) is 4.77. The van der Waals surface area contributed by atoms with Gasteiger partial charge in [-0.1, -0.05) is 124 Å². The Labute approximate surface area is 331 Å². The molecule has 9 rings (SSSR count). The summed E-state index contributed by atoms with van der Waals surface area (Å²) in [7, 11) is 0. The molecular weight excluding hydrogens is 661 g/mol. The van der Waals surface area contributed by atoms with E-state index in [2.05, 4.69) is 17.0 Å². The number of benzene rings is 6. The van der Waals surface area contributed by atoms with Crippen LogP contribution in [0.1, 0.15) is 47.3 Å². The molecular formula is C49H40N4O. The van der Waals surface area contributed by atoms with Gasteiger partial charge in [0.05, 0.1) is 36.1 Å². The number of pyridine rings is 1. The van der Waals surface area contributed by atoms with Gasteiger partial charge in [0.25, 0.3) is 6.33 Å². The number of hydrogen-bond donors (Lipinski definition) is 0. The SMILES string of the molecule is [2H]c1c([2H])c([2H])c(-c2cccc(-c3c([2H])c([2H])c([2H])c([2H])c3[2H])c2-[n+]2[c-]n(-c3cccc(Oc4ccc5c6ccccc6n(-c6cc(C([2H])(C)C(C)C)ccn6)c5c4)c3)cc2)c([2H])c1[2H]. The first kappa shape index (κ1) is 23.1. The fourth-order valence-electron chi connectivity index (χ4n) is 6.77. The van der Waals surface area contributed by atoms with E-state index in [0.717, 1.165) is 27.4 Å². The minimum atomic E-state index is -0.827. The molecule has 0 amide bonds. The van der Waals surface area contributed by atoms with Gasteiger partial charge < -0.3 is 4.74 Å². The van der Waals surface area contributed by atoms with Crippen molar-refractivity contribution in [2.24, 2.45) is 5.92 Å². The Morgan fingerprint density at radius 1 is 0.704 bits per heavy atom. The molecule has 1 unspecified atom stereocenters. The lowest BCUT2D eigenvalue weighted by Crippen LogP contribution is -2.30. The van der Waals surface area contributed by atoms with Crippen molar-refractivity contribution in [3.05, 3.63) is 188 Å². The number of aromatic nitrogens is 4. The fraction of sp³-hybridized carbons (Fsp3) is 0.102. The Hall–Kier alpha value is -6.72. The Morgan fingerprint density at radius 3 is 2.13 bits per heavy atom. The Bertz CT molecular complexity index is 3250. The summed E-state index contributed by atoms with van der Waals surface area (Å²) in [6.45, 7) is 5.99. The molecule has 6 aromatic carbocycles. The normalized spacial score (nSPS) is 15.5. The van der Waals surface area contributed by atoms with Crippen LogP contribution in [0.15, 0.2) is 176 Å². The van der Waals surface area contributed by atoms with Gasteiger partial charge in [0.15, 0.2) is 0 Å². The molecule has 0 radical (unpaired) electrons. The van der Waals surface area contributed by atoms with Gasteiger partial charge in [-0.15, -0.1) is 0 Å². The van der Waals surface area contributed by atoms with Crippen LogP contribution >= 0.6 is 0 Å². The number of nitrogens with zero attached hydrogens (tertiary/aromatic N) is 4. The summed E-state index contributed by atoms with van der Waals surface area (Å²) in [6, 6.07) is 24.6. The minimum absolute atomic E-state index is 0.0718. The van der Waals surface area contributed by atoms with Gasteiger partial charge >= 0.3 is 0 Å². The Morgan fingerprint density at radius 2 is 1.39 bits per heavy atom. The van der Waals surface area contributed by atoms with Crippen molar-refractivity contribution in [2.45, 2.75) is 26.7 Å². The molecule has 0 saturated carbocycles. The molecule has 0 spiro atoms. The van der Waals surface area contributed by atoms with Crippen molar-refractivity contribution in [2.75, 3.05) is 0 Å². The van der Waals surface area contributed by atoms with Crippen molar-refractivity contribution in [1.82, 2.24) is 14.1 Å². The average Bonchev–Trinajstić information content (AvgIpc) is 3.92. The first-order valence-electron chi connectivity index (χ1n) is 23.1. The van der Waals surface area contributed by atoms with Crippen LogP contribution in [0.2, 0.25) is 0 Å². The van der Waals surface area contributed by atoms with Gasteiger partial charge in [0.2, 0.25) is 0 Å². The highest BCUT2D eigenvalue weighted by atomic mass is 16.5. The summed E-state index contributed by atoms with van der Waals surface area (Å²) >= 11 is 0. The second kappa shape index (κ2) is 14.0. The Kier molecular flexibility index (Phi) is 5.98. The highest BCUT2D eigenvalue weighted by molar-refractivity contribution is 6.09. The van der Waals surface area contributed by atoms with E-state index in [1.165, 1.54) is 4.57 Å². The third-order valence-electron chi connectivity index (χ3n) is 9.67. The van der Waals surface area contributed by atoms with Crippen molar-refractivity contribution in [3.63, 3.8) is 0 Å². The largest absolute Gasteiger partial charge is 0.458 e. The third-order valence-corrected chi connectivity index (χ3v) is 9.67. The molecule has 0 bridgehead atoms. The predicted octanol–water partition coefficient (Wildman–Crippen LogP) is 11.9. The van der Waals surface area contributed by atoms with Crippen LogP contribution in [-0.4, -0.2) is 14.1 Å². The molecule has 54 heavy (non-hydrogen) atoms. The van der Waals surface area contributed by atoms with E-state index in [-0.39, 0.29) is 33.9 Å². The van der Waals surface area contributed by atoms with E-state index in [1.54, 1.807) is 41.4 Å². The zero-order valence-corrected chi connectivity index (χ0v) is 29.7. The molecule has 0 aliphatic rings. The lowest BCUT2D eigenvalue weighted by molar-refractivity contribution is -0.598. The smallest absolute Gasteiger partial charge is 0.268 e. The molecule has 1 atom stereocenters. The second-order valence-electron chi connectivity index (χ2n) is 13.2. The molecule has 5 nitrogen and oxygen atoms in total. The molecule has 0 fully saturated rings. The van der Waals surface area contributed by atoms with Crippen molar-refractivity contribution < 1.29 is 24.4 Å². The van der Waals surface area contributed by atoms with E-state index in [1.807, 2.05) is 93.6 Å². The van der Waals surface area contributed by atoms with Crippen molar-refractivity contribution in [3.8, 4) is 50.9 Å². The number of hydrogen-bond acceptors (Lipinski definition) is 2. The molecule has 0 saturated heterocycles. The van der Waals surface area contributed by atoms with Crippen molar-refractivity contribution in [1.29, 1.82) is 0 Å². The lowest BCUT2D eigenvalue weighted by atomic mass is 9.91. The van der Waals surface area contributed by atoms with Crippen LogP contribution in [-0.2, 0) is 0 Å². The van der Waals surface area contributed by atoms with E-state index in [4.69, 9.17) is 24.8 Å². The number of para-hydroxylation sites is 2. The molecule has 0 N–H and O–H groups in total.